The number of nitrogens with zero attached hydrogens (tertiary/aromatic N) is 1. The first-order chi connectivity index (χ1) is 11.3. The van der Waals surface area contributed by atoms with Crippen LogP contribution in [-0.2, 0) is 9.59 Å². The predicted octanol–water partition coefficient (Wildman–Crippen LogP) is 2.49. The molecular weight excluding hydrogens is 302 g/mol. The minimum absolute atomic E-state index is 0.00374. The van der Waals surface area contributed by atoms with E-state index >= 15 is 0 Å². The number of rotatable bonds is 9. The zero-order chi connectivity index (χ0) is 18.1. The standard InChI is InChI=1S/C19H31N3O2/c1-6-10-17(16-11-8-7-9-12-16)21-19(24)15(4)22(5)13-18(23)20-14(2)3/h7-9,11-12,14-15,17H,6,10,13H2,1-5H3,(H,20,23)(H,21,24)/t15-,17-/m0/s1. The fraction of sp³-hybridized carbons (Fsp3) is 0.579. The van der Waals surface area contributed by atoms with Crippen LogP contribution in [0, 0.1) is 0 Å². The molecule has 0 aliphatic heterocycles. The lowest BCUT2D eigenvalue weighted by Gasteiger charge is -2.26. The highest BCUT2D eigenvalue weighted by Crippen LogP contribution is 2.18. The summed E-state index contributed by atoms with van der Waals surface area (Å²) in [6.45, 7) is 7.98. The molecule has 0 unspecified atom stereocenters. The highest BCUT2D eigenvalue weighted by molar-refractivity contribution is 5.83. The Morgan fingerprint density at radius 1 is 1.08 bits per heavy atom. The predicted molar refractivity (Wildman–Crippen MR) is 97.6 cm³/mol. The zero-order valence-corrected chi connectivity index (χ0v) is 15.5. The summed E-state index contributed by atoms with van der Waals surface area (Å²) in [5.74, 6) is -0.127. The number of benzene rings is 1. The van der Waals surface area contributed by atoms with Crippen molar-refractivity contribution in [3.05, 3.63) is 35.9 Å². The van der Waals surface area contributed by atoms with Gasteiger partial charge < -0.3 is 10.6 Å². The number of hydrogen-bond donors (Lipinski definition) is 2. The molecule has 1 aromatic carbocycles. The topological polar surface area (TPSA) is 61.4 Å². The summed E-state index contributed by atoms with van der Waals surface area (Å²) in [7, 11) is 1.79. The van der Waals surface area contributed by atoms with Gasteiger partial charge in [0.2, 0.25) is 11.8 Å². The van der Waals surface area contributed by atoms with Gasteiger partial charge in [0, 0.05) is 6.04 Å². The highest BCUT2D eigenvalue weighted by atomic mass is 16.2. The second-order valence-corrected chi connectivity index (χ2v) is 6.57. The van der Waals surface area contributed by atoms with Crippen molar-refractivity contribution in [2.45, 2.75) is 58.7 Å². The van der Waals surface area contributed by atoms with Gasteiger partial charge in [-0.3, -0.25) is 14.5 Å². The smallest absolute Gasteiger partial charge is 0.237 e. The molecule has 1 rings (SSSR count). The van der Waals surface area contributed by atoms with Crippen molar-refractivity contribution in [2.24, 2.45) is 0 Å². The Bertz CT molecular complexity index is 517. The van der Waals surface area contributed by atoms with Gasteiger partial charge in [0.05, 0.1) is 18.6 Å². The first-order valence-electron chi connectivity index (χ1n) is 8.70. The van der Waals surface area contributed by atoms with Crippen molar-refractivity contribution in [2.75, 3.05) is 13.6 Å². The summed E-state index contributed by atoms with van der Waals surface area (Å²) in [6, 6.07) is 9.73. The number of amides is 2. The van der Waals surface area contributed by atoms with E-state index < -0.39 is 0 Å². The first-order valence-corrected chi connectivity index (χ1v) is 8.70. The molecule has 0 saturated heterocycles. The first kappa shape index (κ1) is 20.2. The largest absolute Gasteiger partial charge is 0.353 e. The Morgan fingerprint density at radius 3 is 2.25 bits per heavy atom. The van der Waals surface area contributed by atoms with Crippen LogP contribution in [0.15, 0.2) is 30.3 Å². The Morgan fingerprint density at radius 2 is 1.71 bits per heavy atom. The third-order valence-corrected chi connectivity index (χ3v) is 3.98. The molecule has 0 aliphatic rings. The quantitative estimate of drug-likeness (QED) is 0.730. The molecular formula is C19H31N3O2. The van der Waals surface area contributed by atoms with Crippen LogP contribution in [0.5, 0.6) is 0 Å². The van der Waals surface area contributed by atoms with Gasteiger partial charge in [-0.1, -0.05) is 43.7 Å². The Labute approximate surface area is 145 Å². The van der Waals surface area contributed by atoms with Crippen LogP contribution >= 0.6 is 0 Å². The van der Waals surface area contributed by atoms with E-state index in [9.17, 15) is 9.59 Å². The molecule has 0 aromatic heterocycles. The highest BCUT2D eigenvalue weighted by Gasteiger charge is 2.23. The molecule has 24 heavy (non-hydrogen) atoms. The maximum atomic E-state index is 12.6. The molecule has 2 amide bonds. The monoisotopic (exact) mass is 333 g/mol. The Balaban J connectivity index is 2.64. The molecule has 0 radical (unpaired) electrons. The molecule has 0 aliphatic carbocycles. The number of carbonyl (C=O) groups is 2. The molecule has 0 heterocycles. The molecule has 134 valence electrons. The van der Waals surface area contributed by atoms with E-state index in [1.54, 1.807) is 11.9 Å². The van der Waals surface area contributed by atoms with Gasteiger partial charge in [-0.05, 0) is 39.8 Å². The SMILES string of the molecule is CCC[C@H](NC(=O)[C@H](C)N(C)CC(=O)NC(C)C)c1ccccc1. The average Bonchev–Trinajstić information content (AvgIpc) is 2.53. The van der Waals surface area contributed by atoms with Crippen LogP contribution in [0.4, 0.5) is 0 Å². The summed E-state index contributed by atoms with van der Waals surface area (Å²) < 4.78 is 0. The van der Waals surface area contributed by atoms with Crippen LogP contribution in [0.3, 0.4) is 0 Å². The van der Waals surface area contributed by atoms with E-state index in [2.05, 4.69) is 17.6 Å². The number of hydrogen-bond acceptors (Lipinski definition) is 3. The van der Waals surface area contributed by atoms with Crippen LogP contribution < -0.4 is 10.6 Å². The Kier molecular flexibility index (Phi) is 8.47. The fourth-order valence-corrected chi connectivity index (χ4v) is 2.52. The summed E-state index contributed by atoms with van der Waals surface area (Å²) in [5, 5.41) is 5.96. The summed E-state index contributed by atoms with van der Waals surface area (Å²) in [6.07, 6.45) is 1.88. The Hall–Kier alpha value is -1.88. The van der Waals surface area contributed by atoms with E-state index in [0.717, 1.165) is 18.4 Å². The lowest BCUT2D eigenvalue weighted by atomic mass is 10.0. The van der Waals surface area contributed by atoms with Gasteiger partial charge in [0.25, 0.3) is 0 Å². The summed E-state index contributed by atoms with van der Waals surface area (Å²) in [5.41, 5.74) is 1.11. The van der Waals surface area contributed by atoms with Crippen LogP contribution in [-0.4, -0.2) is 42.4 Å². The third-order valence-electron chi connectivity index (χ3n) is 3.98. The molecule has 5 nitrogen and oxygen atoms in total. The average molecular weight is 333 g/mol. The van der Waals surface area contributed by atoms with Crippen molar-refractivity contribution in [1.82, 2.24) is 15.5 Å². The van der Waals surface area contributed by atoms with Crippen molar-refractivity contribution in [1.29, 1.82) is 0 Å². The van der Waals surface area contributed by atoms with Gasteiger partial charge in [0.15, 0.2) is 0 Å². The summed E-state index contributed by atoms with van der Waals surface area (Å²) >= 11 is 0. The van der Waals surface area contributed by atoms with Crippen molar-refractivity contribution < 1.29 is 9.59 Å². The van der Waals surface area contributed by atoms with Crippen molar-refractivity contribution in [3.8, 4) is 0 Å². The normalized spacial score (nSPS) is 13.6. The van der Waals surface area contributed by atoms with E-state index in [1.807, 2.05) is 51.1 Å². The molecule has 0 spiro atoms. The van der Waals surface area contributed by atoms with Gasteiger partial charge in [-0.25, -0.2) is 0 Å². The second kappa shape index (κ2) is 10.1. The third kappa shape index (κ3) is 6.71. The van der Waals surface area contributed by atoms with Crippen LogP contribution in [0.1, 0.15) is 52.1 Å². The molecule has 0 saturated carbocycles. The lowest BCUT2D eigenvalue weighted by molar-refractivity contribution is -0.128. The molecule has 2 atom stereocenters. The van der Waals surface area contributed by atoms with Gasteiger partial charge in [-0.2, -0.15) is 0 Å². The number of nitrogens with one attached hydrogen (secondary N) is 2. The lowest BCUT2D eigenvalue weighted by Crippen LogP contribution is -2.48. The van der Waals surface area contributed by atoms with E-state index in [1.165, 1.54) is 0 Å². The molecule has 2 N–H and O–H groups in total. The van der Waals surface area contributed by atoms with Crippen molar-refractivity contribution in [3.63, 3.8) is 0 Å². The molecule has 0 bridgehead atoms. The zero-order valence-electron chi connectivity index (χ0n) is 15.5. The van der Waals surface area contributed by atoms with Gasteiger partial charge >= 0.3 is 0 Å². The molecule has 0 fully saturated rings. The number of likely N-dealkylation sites (N-methyl/N-ethyl adjacent to an activating group) is 1. The summed E-state index contributed by atoms with van der Waals surface area (Å²) in [4.78, 5) is 26.2. The van der Waals surface area contributed by atoms with Gasteiger partial charge in [-0.15, -0.1) is 0 Å². The minimum Gasteiger partial charge on any atom is -0.353 e. The van der Waals surface area contributed by atoms with Crippen LogP contribution in [0.2, 0.25) is 0 Å². The van der Waals surface area contributed by atoms with Gasteiger partial charge in [0.1, 0.15) is 0 Å². The van der Waals surface area contributed by atoms with E-state index in [-0.39, 0.29) is 36.5 Å². The fourth-order valence-electron chi connectivity index (χ4n) is 2.52. The maximum Gasteiger partial charge on any atom is 0.237 e. The minimum atomic E-state index is -0.369. The van der Waals surface area contributed by atoms with E-state index in [0.29, 0.717) is 0 Å². The maximum absolute atomic E-state index is 12.6. The van der Waals surface area contributed by atoms with Crippen LogP contribution in [0.25, 0.3) is 0 Å². The number of carbonyl (C=O) groups excluding carboxylic acids is 2. The van der Waals surface area contributed by atoms with E-state index in [4.69, 9.17) is 0 Å². The molecule has 1 aromatic rings. The second-order valence-electron chi connectivity index (χ2n) is 6.57. The van der Waals surface area contributed by atoms with Crippen molar-refractivity contribution >= 4 is 11.8 Å². The molecule has 5 heteroatoms.